The molecule has 3 rings (SSSR count). The molecule has 0 atom stereocenters. The molecule has 2 aromatic rings. The van der Waals surface area contributed by atoms with Gasteiger partial charge >= 0.3 is 0 Å². The van der Waals surface area contributed by atoms with Crippen molar-refractivity contribution in [1.82, 2.24) is 9.97 Å². The molecule has 3 nitrogen and oxygen atoms in total. The van der Waals surface area contributed by atoms with Crippen molar-refractivity contribution in [1.29, 1.82) is 0 Å². The highest BCUT2D eigenvalue weighted by Gasteiger charge is 2.20. The van der Waals surface area contributed by atoms with Gasteiger partial charge in [-0.3, -0.25) is 0 Å². The van der Waals surface area contributed by atoms with E-state index in [0.29, 0.717) is 0 Å². The second-order valence-electron chi connectivity index (χ2n) is 8.71. The molecule has 1 heterocycles. The van der Waals surface area contributed by atoms with E-state index < -0.39 is 0 Å². The molecular formula is C26H38N2O. The molecule has 0 radical (unpaired) electrons. The standard InChI is InChI=1S/C26H38N2O/c1-3-5-8-21-10-12-22(13-11-21)9-6-18-29-25-16-14-24(15-17-25)26-27-19-23(7-4-2)20-28-26/h14-17,19-22H,3-13,18H2,1-2H3. The Labute approximate surface area is 177 Å². The predicted molar refractivity (Wildman–Crippen MR) is 121 cm³/mol. The summed E-state index contributed by atoms with van der Waals surface area (Å²) in [7, 11) is 0. The van der Waals surface area contributed by atoms with E-state index in [1.807, 2.05) is 24.5 Å². The molecule has 0 aliphatic heterocycles. The van der Waals surface area contributed by atoms with Gasteiger partial charge in [0.25, 0.3) is 0 Å². The Morgan fingerprint density at radius 3 is 2.03 bits per heavy atom. The highest BCUT2D eigenvalue weighted by atomic mass is 16.5. The number of hydrogen-bond donors (Lipinski definition) is 0. The smallest absolute Gasteiger partial charge is 0.159 e. The first kappa shape index (κ1) is 21.8. The predicted octanol–water partition coefficient (Wildman–Crippen LogP) is 7.25. The molecule has 158 valence electrons. The molecule has 1 saturated carbocycles. The van der Waals surface area contributed by atoms with Gasteiger partial charge in [-0.05, 0) is 60.9 Å². The minimum absolute atomic E-state index is 0.783. The monoisotopic (exact) mass is 394 g/mol. The van der Waals surface area contributed by atoms with Gasteiger partial charge in [0.1, 0.15) is 5.75 Å². The highest BCUT2D eigenvalue weighted by molar-refractivity contribution is 5.55. The number of nitrogens with zero attached hydrogens (tertiary/aromatic N) is 2. The quantitative estimate of drug-likeness (QED) is 0.376. The molecule has 0 saturated heterocycles. The van der Waals surface area contributed by atoms with Crippen LogP contribution >= 0.6 is 0 Å². The molecule has 1 aromatic carbocycles. The number of aromatic nitrogens is 2. The second-order valence-corrected chi connectivity index (χ2v) is 8.71. The fourth-order valence-corrected chi connectivity index (χ4v) is 4.49. The summed E-state index contributed by atoms with van der Waals surface area (Å²) in [5.74, 6) is 3.66. The normalized spacial score (nSPS) is 19.2. The average Bonchev–Trinajstić information content (AvgIpc) is 2.77. The Bertz CT molecular complexity index is 688. The summed E-state index contributed by atoms with van der Waals surface area (Å²) in [6, 6.07) is 8.19. The summed E-state index contributed by atoms with van der Waals surface area (Å²) >= 11 is 0. The molecule has 1 fully saturated rings. The summed E-state index contributed by atoms with van der Waals surface area (Å²) < 4.78 is 5.97. The molecular weight excluding hydrogens is 356 g/mol. The summed E-state index contributed by atoms with van der Waals surface area (Å²) in [6.07, 6.45) is 18.5. The molecule has 1 aromatic heterocycles. The van der Waals surface area contributed by atoms with Crippen molar-refractivity contribution in [3.8, 4) is 17.1 Å². The van der Waals surface area contributed by atoms with Crippen LogP contribution in [0.3, 0.4) is 0 Å². The van der Waals surface area contributed by atoms with Gasteiger partial charge in [-0.2, -0.15) is 0 Å². The maximum absolute atomic E-state index is 5.97. The van der Waals surface area contributed by atoms with E-state index in [4.69, 9.17) is 4.74 Å². The Kier molecular flexibility index (Phi) is 8.98. The average molecular weight is 395 g/mol. The second kappa shape index (κ2) is 11.9. The fraction of sp³-hybridized carbons (Fsp3) is 0.615. The van der Waals surface area contributed by atoms with Crippen LogP contribution in [0.5, 0.6) is 5.75 Å². The van der Waals surface area contributed by atoms with Gasteiger partial charge in [0, 0.05) is 18.0 Å². The lowest BCUT2D eigenvalue weighted by Crippen LogP contribution is -2.15. The maximum atomic E-state index is 5.97. The molecule has 0 N–H and O–H groups in total. The van der Waals surface area contributed by atoms with Gasteiger partial charge < -0.3 is 4.74 Å². The first-order valence-corrected chi connectivity index (χ1v) is 11.8. The maximum Gasteiger partial charge on any atom is 0.159 e. The topological polar surface area (TPSA) is 35.0 Å². The van der Waals surface area contributed by atoms with Crippen LogP contribution in [0.1, 0.15) is 83.6 Å². The van der Waals surface area contributed by atoms with Crippen LogP contribution in [0.4, 0.5) is 0 Å². The number of aryl methyl sites for hydroxylation is 1. The van der Waals surface area contributed by atoms with E-state index in [2.05, 4.69) is 35.9 Å². The van der Waals surface area contributed by atoms with Crippen molar-refractivity contribution >= 4 is 0 Å². The van der Waals surface area contributed by atoms with Crippen LogP contribution in [0, 0.1) is 11.8 Å². The van der Waals surface area contributed by atoms with Crippen molar-refractivity contribution in [2.45, 2.75) is 84.5 Å². The van der Waals surface area contributed by atoms with Gasteiger partial charge in [-0.15, -0.1) is 0 Å². The van der Waals surface area contributed by atoms with E-state index in [-0.39, 0.29) is 0 Å². The van der Waals surface area contributed by atoms with Crippen molar-refractivity contribution in [3.63, 3.8) is 0 Å². The lowest BCUT2D eigenvalue weighted by atomic mass is 9.78. The van der Waals surface area contributed by atoms with Crippen LogP contribution in [0.15, 0.2) is 36.7 Å². The lowest BCUT2D eigenvalue weighted by molar-refractivity contribution is 0.228. The minimum atomic E-state index is 0.783. The van der Waals surface area contributed by atoms with Gasteiger partial charge in [-0.25, -0.2) is 9.97 Å². The van der Waals surface area contributed by atoms with Gasteiger partial charge in [0.2, 0.25) is 0 Å². The molecule has 0 bridgehead atoms. The Morgan fingerprint density at radius 1 is 0.828 bits per heavy atom. The molecule has 0 spiro atoms. The van der Waals surface area contributed by atoms with Crippen LogP contribution < -0.4 is 4.74 Å². The van der Waals surface area contributed by atoms with Gasteiger partial charge in [-0.1, -0.05) is 65.2 Å². The first-order chi connectivity index (χ1) is 14.3. The zero-order valence-corrected chi connectivity index (χ0v) is 18.4. The largest absolute Gasteiger partial charge is 0.494 e. The van der Waals surface area contributed by atoms with E-state index in [0.717, 1.165) is 54.8 Å². The number of benzene rings is 1. The third-order valence-electron chi connectivity index (χ3n) is 6.31. The molecule has 1 aliphatic rings. The zero-order valence-electron chi connectivity index (χ0n) is 18.4. The van der Waals surface area contributed by atoms with Crippen molar-refractivity contribution in [2.75, 3.05) is 6.61 Å². The van der Waals surface area contributed by atoms with Gasteiger partial charge in [0.05, 0.1) is 6.61 Å². The molecule has 0 amide bonds. The molecule has 3 heteroatoms. The summed E-state index contributed by atoms with van der Waals surface area (Å²) in [4.78, 5) is 8.99. The third-order valence-corrected chi connectivity index (χ3v) is 6.31. The van der Waals surface area contributed by atoms with Crippen LogP contribution in [0.25, 0.3) is 11.4 Å². The lowest BCUT2D eigenvalue weighted by Gasteiger charge is -2.28. The summed E-state index contributed by atoms with van der Waals surface area (Å²) in [5.41, 5.74) is 2.24. The van der Waals surface area contributed by atoms with E-state index in [1.54, 1.807) is 0 Å². The fourth-order valence-electron chi connectivity index (χ4n) is 4.49. The Hall–Kier alpha value is -1.90. The summed E-state index contributed by atoms with van der Waals surface area (Å²) in [5, 5.41) is 0. The van der Waals surface area contributed by atoms with Crippen molar-refractivity contribution < 1.29 is 4.74 Å². The van der Waals surface area contributed by atoms with Crippen LogP contribution in [-0.2, 0) is 6.42 Å². The van der Waals surface area contributed by atoms with Crippen molar-refractivity contribution in [2.24, 2.45) is 11.8 Å². The van der Waals surface area contributed by atoms with E-state index in [9.17, 15) is 0 Å². The van der Waals surface area contributed by atoms with Gasteiger partial charge in [0.15, 0.2) is 5.82 Å². The van der Waals surface area contributed by atoms with E-state index in [1.165, 1.54) is 56.9 Å². The third kappa shape index (κ3) is 7.13. The summed E-state index contributed by atoms with van der Waals surface area (Å²) in [6.45, 7) is 5.29. The number of unbranched alkanes of at least 4 members (excludes halogenated alkanes) is 1. The molecule has 0 unspecified atom stereocenters. The van der Waals surface area contributed by atoms with Crippen LogP contribution in [-0.4, -0.2) is 16.6 Å². The SMILES string of the molecule is CCCCC1CCC(CCCOc2ccc(-c3ncc(CCC)cn3)cc2)CC1. The first-order valence-electron chi connectivity index (χ1n) is 11.8. The molecule has 29 heavy (non-hydrogen) atoms. The van der Waals surface area contributed by atoms with Crippen molar-refractivity contribution in [3.05, 3.63) is 42.2 Å². The number of ether oxygens (including phenoxy) is 1. The van der Waals surface area contributed by atoms with Crippen LogP contribution in [0.2, 0.25) is 0 Å². The molecule has 1 aliphatic carbocycles. The Balaban J connectivity index is 1.35. The zero-order chi connectivity index (χ0) is 20.3. The Morgan fingerprint density at radius 2 is 1.45 bits per heavy atom. The number of hydrogen-bond acceptors (Lipinski definition) is 3. The van der Waals surface area contributed by atoms with E-state index >= 15 is 0 Å². The highest BCUT2D eigenvalue weighted by Crippen LogP contribution is 2.34. The minimum Gasteiger partial charge on any atom is -0.494 e. The number of rotatable bonds is 11.